The minimum absolute atomic E-state index is 0.0208. The van der Waals surface area contributed by atoms with Crippen LogP contribution in [0.15, 0.2) is 18.2 Å². The Bertz CT molecular complexity index is 352. The lowest BCUT2D eigenvalue weighted by atomic mass is 10.2. The van der Waals surface area contributed by atoms with E-state index in [-0.39, 0.29) is 18.3 Å². The maximum absolute atomic E-state index is 12.9. The van der Waals surface area contributed by atoms with Gasteiger partial charge in [-0.25, -0.2) is 4.39 Å². The Hall–Kier alpha value is -1.42. The van der Waals surface area contributed by atoms with Crippen molar-refractivity contribution in [2.24, 2.45) is 0 Å². The number of rotatable bonds is 4. The molecule has 0 saturated heterocycles. The SMILES string of the molecule is CCOCC(=O)Nc1ccc(F)c(C)c1. The van der Waals surface area contributed by atoms with Crippen molar-refractivity contribution in [2.75, 3.05) is 18.5 Å². The van der Waals surface area contributed by atoms with Crippen molar-refractivity contribution in [2.45, 2.75) is 13.8 Å². The van der Waals surface area contributed by atoms with E-state index in [0.717, 1.165) is 0 Å². The standard InChI is InChI=1S/C11H14FNO2/c1-3-15-7-11(14)13-9-4-5-10(12)8(2)6-9/h4-6H,3,7H2,1-2H3,(H,13,14). The molecule has 0 aliphatic heterocycles. The predicted molar refractivity (Wildman–Crippen MR) is 56.3 cm³/mol. The van der Waals surface area contributed by atoms with Crippen molar-refractivity contribution >= 4 is 11.6 Å². The summed E-state index contributed by atoms with van der Waals surface area (Å²) in [6.45, 7) is 3.98. The topological polar surface area (TPSA) is 38.3 Å². The Morgan fingerprint density at radius 1 is 1.53 bits per heavy atom. The van der Waals surface area contributed by atoms with E-state index in [1.54, 1.807) is 13.0 Å². The number of hydrogen-bond acceptors (Lipinski definition) is 2. The lowest BCUT2D eigenvalue weighted by Gasteiger charge is -2.06. The van der Waals surface area contributed by atoms with Crippen LogP contribution >= 0.6 is 0 Å². The van der Waals surface area contributed by atoms with Crippen LogP contribution < -0.4 is 5.32 Å². The molecule has 1 aromatic carbocycles. The first-order valence-electron chi connectivity index (χ1n) is 4.77. The average Bonchev–Trinajstić information content (AvgIpc) is 2.20. The summed E-state index contributed by atoms with van der Waals surface area (Å²) >= 11 is 0. The third-order valence-corrected chi connectivity index (χ3v) is 1.88. The van der Waals surface area contributed by atoms with Crippen LogP contribution in [0.5, 0.6) is 0 Å². The molecule has 1 N–H and O–H groups in total. The molecule has 0 heterocycles. The molecule has 0 radical (unpaired) electrons. The van der Waals surface area contributed by atoms with Crippen LogP contribution in [0.2, 0.25) is 0 Å². The molecular weight excluding hydrogens is 197 g/mol. The molecule has 0 spiro atoms. The summed E-state index contributed by atoms with van der Waals surface area (Å²) < 4.78 is 17.8. The predicted octanol–water partition coefficient (Wildman–Crippen LogP) is 2.11. The van der Waals surface area contributed by atoms with Crippen molar-refractivity contribution in [3.63, 3.8) is 0 Å². The second-order valence-corrected chi connectivity index (χ2v) is 3.15. The molecule has 1 rings (SSSR count). The maximum atomic E-state index is 12.9. The van der Waals surface area contributed by atoms with Crippen LogP contribution in [0, 0.1) is 12.7 Å². The number of halogens is 1. The van der Waals surface area contributed by atoms with Crippen molar-refractivity contribution in [3.05, 3.63) is 29.6 Å². The van der Waals surface area contributed by atoms with Gasteiger partial charge in [-0.2, -0.15) is 0 Å². The van der Waals surface area contributed by atoms with Gasteiger partial charge in [0.25, 0.3) is 0 Å². The highest BCUT2D eigenvalue weighted by Gasteiger charge is 2.03. The fourth-order valence-corrected chi connectivity index (χ4v) is 1.11. The lowest BCUT2D eigenvalue weighted by molar-refractivity contribution is -0.120. The summed E-state index contributed by atoms with van der Waals surface area (Å²) in [6, 6.07) is 4.43. The van der Waals surface area contributed by atoms with E-state index in [1.807, 2.05) is 6.92 Å². The van der Waals surface area contributed by atoms with Crippen molar-refractivity contribution in [3.8, 4) is 0 Å². The van der Waals surface area contributed by atoms with E-state index < -0.39 is 0 Å². The molecule has 0 atom stereocenters. The summed E-state index contributed by atoms with van der Waals surface area (Å²) in [5.74, 6) is -0.513. The summed E-state index contributed by atoms with van der Waals surface area (Å²) in [7, 11) is 0. The Balaban J connectivity index is 2.57. The number of hydrogen-bond donors (Lipinski definition) is 1. The van der Waals surface area contributed by atoms with Gasteiger partial charge in [-0.15, -0.1) is 0 Å². The summed E-state index contributed by atoms with van der Waals surface area (Å²) in [5.41, 5.74) is 1.09. The first-order valence-corrected chi connectivity index (χ1v) is 4.77. The molecule has 1 amide bonds. The Labute approximate surface area is 88.2 Å². The lowest BCUT2D eigenvalue weighted by Crippen LogP contribution is -2.18. The van der Waals surface area contributed by atoms with E-state index in [0.29, 0.717) is 17.9 Å². The van der Waals surface area contributed by atoms with E-state index in [1.165, 1.54) is 12.1 Å². The van der Waals surface area contributed by atoms with Crippen molar-refractivity contribution in [1.29, 1.82) is 0 Å². The zero-order valence-corrected chi connectivity index (χ0v) is 8.84. The number of nitrogens with one attached hydrogen (secondary N) is 1. The first-order chi connectivity index (χ1) is 7.13. The Morgan fingerprint density at radius 2 is 2.27 bits per heavy atom. The highest BCUT2D eigenvalue weighted by Crippen LogP contribution is 2.13. The molecule has 4 heteroatoms. The molecular formula is C11H14FNO2. The van der Waals surface area contributed by atoms with Gasteiger partial charge in [0.15, 0.2) is 0 Å². The number of anilines is 1. The Morgan fingerprint density at radius 3 is 2.87 bits per heavy atom. The fourth-order valence-electron chi connectivity index (χ4n) is 1.11. The third kappa shape index (κ3) is 3.67. The van der Waals surface area contributed by atoms with Gasteiger partial charge in [-0.3, -0.25) is 4.79 Å². The molecule has 82 valence electrons. The quantitative estimate of drug-likeness (QED) is 0.828. The first kappa shape index (κ1) is 11.7. The second kappa shape index (κ2) is 5.46. The number of aryl methyl sites for hydroxylation is 1. The van der Waals surface area contributed by atoms with Crippen LogP contribution in [0.1, 0.15) is 12.5 Å². The zero-order chi connectivity index (χ0) is 11.3. The average molecular weight is 211 g/mol. The molecule has 1 aromatic rings. The van der Waals surface area contributed by atoms with Gasteiger partial charge in [-0.05, 0) is 37.6 Å². The van der Waals surface area contributed by atoms with Crippen LogP contribution in [0.25, 0.3) is 0 Å². The number of carbonyl (C=O) groups is 1. The Kier molecular flexibility index (Phi) is 4.24. The number of benzene rings is 1. The molecule has 3 nitrogen and oxygen atoms in total. The van der Waals surface area contributed by atoms with E-state index in [9.17, 15) is 9.18 Å². The molecule has 0 aliphatic rings. The van der Waals surface area contributed by atoms with E-state index in [2.05, 4.69) is 5.32 Å². The van der Waals surface area contributed by atoms with Crippen LogP contribution in [0.4, 0.5) is 10.1 Å². The van der Waals surface area contributed by atoms with Crippen LogP contribution in [0.3, 0.4) is 0 Å². The minimum Gasteiger partial charge on any atom is -0.372 e. The monoisotopic (exact) mass is 211 g/mol. The molecule has 0 bridgehead atoms. The van der Waals surface area contributed by atoms with Gasteiger partial charge in [0.05, 0.1) is 0 Å². The number of ether oxygens (including phenoxy) is 1. The van der Waals surface area contributed by atoms with Gasteiger partial charge in [0.1, 0.15) is 12.4 Å². The van der Waals surface area contributed by atoms with Gasteiger partial charge in [0, 0.05) is 12.3 Å². The fraction of sp³-hybridized carbons (Fsp3) is 0.364. The third-order valence-electron chi connectivity index (χ3n) is 1.88. The minimum atomic E-state index is -0.280. The molecule has 0 saturated carbocycles. The molecule has 0 aliphatic carbocycles. The van der Waals surface area contributed by atoms with Gasteiger partial charge in [0.2, 0.25) is 5.91 Å². The van der Waals surface area contributed by atoms with Crippen molar-refractivity contribution in [1.82, 2.24) is 0 Å². The summed E-state index contributed by atoms with van der Waals surface area (Å²) in [5, 5.41) is 2.61. The number of amides is 1. The highest BCUT2D eigenvalue weighted by molar-refractivity contribution is 5.91. The van der Waals surface area contributed by atoms with E-state index >= 15 is 0 Å². The maximum Gasteiger partial charge on any atom is 0.250 e. The van der Waals surface area contributed by atoms with Crippen LogP contribution in [-0.2, 0) is 9.53 Å². The summed E-state index contributed by atoms with van der Waals surface area (Å²) in [6.07, 6.45) is 0. The van der Waals surface area contributed by atoms with Crippen LogP contribution in [-0.4, -0.2) is 19.1 Å². The van der Waals surface area contributed by atoms with Gasteiger partial charge >= 0.3 is 0 Å². The largest absolute Gasteiger partial charge is 0.372 e. The van der Waals surface area contributed by atoms with E-state index in [4.69, 9.17) is 4.74 Å². The number of carbonyl (C=O) groups excluding carboxylic acids is 1. The molecule has 0 aromatic heterocycles. The zero-order valence-electron chi connectivity index (χ0n) is 8.84. The van der Waals surface area contributed by atoms with Gasteiger partial charge < -0.3 is 10.1 Å². The normalized spacial score (nSPS) is 10.1. The smallest absolute Gasteiger partial charge is 0.250 e. The molecule has 15 heavy (non-hydrogen) atoms. The molecule has 0 unspecified atom stereocenters. The van der Waals surface area contributed by atoms with Crippen molar-refractivity contribution < 1.29 is 13.9 Å². The highest BCUT2D eigenvalue weighted by atomic mass is 19.1. The summed E-state index contributed by atoms with van der Waals surface area (Å²) in [4.78, 5) is 11.2. The second-order valence-electron chi connectivity index (χ2n) is 3.15. The molecule has 0 fully saturated rings. The van der Waals surface area contributed by atoms with Gasteiger partial charge in [-0.1, -0.05) is 0 Å².